The normalized spacial score (nSPS) is 20.8. The van der Waals surface area contributed by atoms with Crippen LogP contribution in [0.5, 0.6) is 0 Å². The van der Waals surface area contributed by atoms with Crippen LogP contribution in [-0.4, -0.2) is 11.5 Å². The minimum atomic E-state index is -1.00. The zero-order valence-corrected chi connectivity index (χ0v) is 13.6. The van der Waals surface area contributed by atoms with E-state index in [1.165, 1.54) is 0 Å². The Hall–Kier alpha value is -1.35. The smallest absolute Gasteiger partial charge is 0.327 e. The van der Waals surface area contributed by atoms with E-state index < -0.39 is 11.1 Å². The Morgan fingerprint density at radius 1 is 1.10 bits per heavy atom. The minimum absolute atomic E-state index is 0.305. The Bertz CT molecular complexity index is 494. The van der Waals surface area contributed by atoms with Gasteiger partial charge in [0.05, 0.1) is 0 Å². The summed E-state index contributed by atoms with van der Waals surface area (Å²) in [5.41, 5.74) is 5.52. The monoisotopic (exact) mass is 289 g/mol. The molecule has 1 fully saturated rings. The van der Waals surface area contributed by atoms with Gasteiger partial charge in [-0.15, -0.1) is 0 Å². The van der Waals surface area contributed by atoms with Crippen LogP contribution in [0.1, 0.15) is 58.9 Å². The molecule has 116 valence electrons. The average molecular weight is 289 g/mol. The molecule has 0 amide bonds. The van der Waals surface area contributed by atoms with Crippen molar-refractivity contribution in [3.8, 4) is 0 Å². The van der Waals surface area contributed by atoms with E-state index in [0.717, 1.165) is 31.2 Å². The van der Waals surface area contributed by atoms with Crippen LogP contribution in [-0.2, 0) is 15.1 Å². The van der Waals surface area contributed by atoms with E-state index in [9.17, 15) is 4.79 Å². The van der Waals surface area contributed by atoms with Crippen molar-refractivity contribution < 1.29 is 9.53 Å². The first kappa shape index (κ1) is 16.0. The Balaban J connectivity index is 2.28. The van der Waals surface area contributed by atoms with Gasteiger partial charge in [0.15, 0.2) is 0 Å². The van der Waals surface area contributed by atoms with Crippen molar-refractivity contribution >= 4 is 5.97 Å². The number of nitrogens with two attached hydrogens (primary N) is 1. The van der Waals surface area contributed by atoms with E-state index in [1.807, 2.05) is 51.1 Å². The van der Waals surface area contributed by atoms with Gasteiger partial charge in [0.1, 0.15) is 11.1 Å². The molecule has 0 heterocycles. The van der Waals surface area contributed by atoms with Gasteiger partial charge < -0.3 is 10.5 Å². The largest absolute Gasteiger partial charge is 0.453 e. The first-order valence-electron chi connectivity index (χ1n) is 7.77. The number of hydrogen-bond donors (Lipinski definition) is 1. The lowest BCUT2D eigenvalue weighted by molar-refractivity contribution is -0.171. The molecular formula is C18H27NO2. The third kappa shape index (κ3) is 2.98. The molecule has 0 bridgehead atoms. The number of benzene rings is 1. The molecule has 3 heteroatoms. The van der Waals surface area contributed by atoms with Crippen LogP contribution in [0.2, 0.25) is 0 Å². The number of esters is 1. The standard InChI is InChI=1S/C18H27NO2/c1-16(2,3)17(4,19)15(20)21-18(12-8-9-13-18)14-10-6-5-7-11-14/h5-7,10-11H,8-9,12-13,19H2,1-4H3. The molecule has 0 radical (unpaired) electrons. The van der Waals surface area contributed by atoms with Crippen molar-refractivity contribution in [2.75, 3.05) is 0 Å². The maximum atomic E-state index is 12.7. The summed E-state index contributed by atoms with van der Waals surface area (Å²) in [6.07, 6.45) is 3.92. The molecule has 1 aromatic rings. The third-order valence-corrected chi connectivity index (χ3v) is 4.98. The van der Waals surface area contributed by atoms with Crippen LogP contribution < -0.4 is 5.73 Å². The fourth-order valence-electron chi connectivity index (χ4n) is 2.73. The average Bonchev–Trinajstić information content (AvgIpc) is 2.88. The summed E-state index contributed by atoms with van der Waals surface area (Å²) in [5.74, 6) is -0.305. The van der Waals surface area contributed by atoms with Gasteiger partial charge in [0.2, 0.25) is 0 Å². The number of hydrogen-bond acceptors (Lipinski definition) is 3. The molecule has 0 saturated heterocycles. The molecule has 1 aliphatic rings. The van der Waals surface area contributed by atoms with Gasteiger partial charge in [-0.3, -0.25) is 4.79 Å². The van der Waals surface area contributed by atoms with Crippen molar-refractivity contribution in [2.45, 2.75) is 64.5 Å². The Labute approximate surface area is 127 Å². The first-order valence-corrected chi connectivity index (χ1v) is 7.77. The van der Waals surface area contributed by atoms with Crippen molar-refractivity contribution in [3.05, 3.63) is 35.9 Å². The first-order chi connectivity index (χ1) is 9.69. The topological polar surface area (TPSA) is 52.3 Å². The maximum absolute atomic E-state index is 12.7. The lowest BCUT2D eigenvalue weighted by Gasteiger charge is -2.40. The molecule has 2 rings (SSSR count). The van der Waals surface area contributed by atoms with Crippen LogP contribution in [0.25, 0.3) is 0 Å². The number of ether oxygens (including phenoxy) is 1. The summed E-state index contributed by atoms with van der Waals surface area (Å²) >= 11 is 0. The van der Waals surface area contributed by atoms with E-state index in [4.69, 9.17) is 10.5 Å². The van der Waals surface area contributed by atoms with Crippen molar-refractivity contribution in [1.82, 2.24) is 0 Å². The summed E-state index contributed by atoms with van der Waals surface area (Å²) in [6, 6.07) is 10.1. The predicted molar refractivity (Wildman–Crippen MR) is 84.7 cm³/mol. The highest BCUT2D eigenvalue weighted by Crippen LogP contribution is 2.43. The lowest BCUT2D eigenvalue weighted by atomic mass is 9.75. The van der Waals surface area contributed by atoms with Crippen LogP contribution in [0.3, 0.4) is 0 Å². The zero-order chi connectivity index (χ0) is 15.7. The fourth-order valence-corrected chi connectivity index (χ4v) is 2.73. The van der Waals surface area contributed by atoms with E-state index in [1.54, 1.807) is 6.92 Å². The Morgan fingerprint density at radius 3 is 2.10 bits per heavy atom. The van der Waals surface area contributed by atoms with Crippen LogP contribution in [0.4, 0.5) is 0 Å². The Kier molecular flexibility index (Phi) is 4.16. The predicted octanol–water partition coefficient (Wildman–Crippen LogP) is 3.76. The quantitative estimate of drug-likeness (QED) is 0.862. The van der Waals surface area contributed by atoms with Gasteiger partial charge in [0, 0.05) is 0 Å². The zero-order valence-electron chi connectivity index (χ0n) is 13.6. The molecule has 1 atom stereocenters. The highest BCUT2D eigenvalue weighted by atomic mass is 16.6. The molecular weight excluding hydrogens is 262 g/mol. The second-order valence-electron chi connectivity index (χ2n) is 7.41. The highest BCUT2D eigenvalue weighted by molar-refractivity contribution is 5.81. The van der Waals surface area contributed by atoms with Gasteiger partial charge in [-0.25, -0.2) is 0 Å². The number of carbonyl (C=O) groups excluding carboxylic acids is 1. The Morgan fingerprint density at radius 2 is 1.62 bits per heavy atom. The lowest BCUT2D eigenvalue weighted by Crippen LogP contribution is -2.57. The van der Waals surface area contributed by atoms with E-state index in [0.29, 0.717) is 0 Å². The van der Waals surface area contributed by atoms with Crippen LogP contribution in [0, 0.1) is 5.41 Å². The summed E-state index contributed by atoms with van der Waals surface area (Å²) in [6.45, 7) is 7.68. The van der Waals surface area contributed by atoms with E-state index >= 15 is 0 Å². The summed E-state index contributed by atoms with van der Waals surface area (Å²) in [5, 5.41) is 0. The van der Waals surface area contributed by atoms with Crippen molar-refractivity contribution in [1.29, 1.82) is 0 Å². The molecule has 1 aliphatic carbocycles. The third-order valence-electron chi connectivity index (χ3n) is 4.98. The van der Waals surface area contributed by atoms with E-state index in [-0.39, 0.29) is 11.4 Å². The molecule has 1 saturated carbocycles. The summed E-state index contributed by atoms with van der Waals surface area (Å²) < 4.78 is 6.01. The molecule has 0 aromatic heterocycles. The minimum Gasteiger partial charge on any atom is -0.453 e. The van der Waals surface area contributed by atoms with Crippen molar-refractivity contribution in [2.24, 2.45) is 11.1 Å². The van der Waals surface area contributed by atoms with Crippen molar-refractivity contribution in [3.63, 3.8) is 0 Å². The maximum Gasteiger partial charge on any atom is 0.327 e. The molecule has 0 aliphatic heterocycles. The molecule has 1 unspecified atom stereocenters. The van der Waals surface area contributed by atoms with Gasteiger partial charge in [-0.2, -0.15) is 0 Å². The van der Waals surface area contributed by atoms with Gasteiger partial charge in [0.25, 0.3) is 0 Å². The molecule has 3 nitrogen and oxygen atoms in total. The fraction of sp³-hybridized carbons (Fsp3) is 0.611. The highest BCUT2D eigenvalue weighted by Gasteiger charge is 2.47. The van der Waals surface area contributed by atoms with Gasteiger partial charge in [-0.05, 0) is 43.6 Å². The van der Waals surface area contributed by atoms with Crippen LogP contribution in [0.15, 0.2) is 30.3 Å². The van der Waals surface area contributed by atoms with Gasteiger partial charge >= 0.3 is 5.97 Å². The second-order valence-corrected chi connectivity index (χ2v) is 7.41. The summed E-state index contributed by atoms with van der Waals surface area (Å²) in [4.78, 5) is 12.7. The molecule has 2 N–H and O–H groups in total. The number of rotatable bonds is 3. The number of carbonyl (C=O) groups is 1. The van der Waals surface area contributed by atoms with Crippen LogP contribution >= 0.6 is 0 Å². The SMILES string of the molecule is CC(C)(C)C(C)(N)C(=O)OC1(c2ccccc2)CCCC1. The van der Waals surface area contributed by atoms with Gasteiger partial charge in [-0.1, -0.05) is 51.1 Å². The molecule has 1 aromatic carbocycles. The molecule has 0 spiro atoms. The van der Waals surface area contributed by atoms with E-state index in [2.05, 4.69) is 0 Å². The summed E-state index contributed by atoms with van der Waals surface area (Å²) in [7, 11) is 0. The second kappa shape index (κ2) is 5.45. The molecule has 21 heavy (non-hydrogen) atoms.